The van der Waals surface area contributed by atoms with Gasteiger partial charge in [0.15, 0.2) is 0 Å². The van der Waals surface area contributed by atoms with Crippen molar-refractivity contribution in [3.63, 3.8) is 0 Å². The summed E-state index contributed by atoms with van der Waals surface area (Å²) in [6, 6.07) is 18.9. The van der Waals surface area contributed by atoms with Gasteiger partial charge in [-0.3, -0.25) is 9.10 Å². The molecule has 0 spiro atoms. The third-order valence-corrected chi connectivity index (χ3v) is 7.12. The zero-order valence-electron chi connectivity index (χ0n) is 19.7. The molecule has 0 aromatic heterocycles. The highest BCUT2D eigenvalue weighted by Crippen LogP contribution is 2.29. The van der Waals surface area contributed by atoms with Crippen molar-refractivity contribution < 1.29 is 17.9 Å². The minimum absolute atomic E-state index is 0.0725. The second kappa shape index (κ2) is 10.9. The number of benzene rings is 3. The lowest BCUT2D eigenvalue weighted by Gasteiger charge is -2.26. The van der Waals surface area contributed by atoms with E-state index in [1.807, 2.05) is 45.0 Å². The van der Waals surface area contributed by atoms with Crippen molar-refractivity contribution in [2.24, 2.45) is 0 Å². The van der Waals surface area contributed by atoms with Crippen LogP contribution in [0.15, 0.2) is 71.6 Å². The van der Waals surface area contributed by atoms with Gasteiger partial charge in [0.1, 0.15) is 12.3 Å². The Morgan fingerprint density at radius 2 is 1.65 bits per heavy atom. The minimum atomic E-state index is -3.99. The molecule has 0 bridgehead atoms. The van der Waals surface area contributed by atoms with Gasteiger partial charge in [-0.15, -0.1) is 0 Å². The summed E-state index contributed by atoms with van der Waals surface area (Å²) >= 11 is 6.08. The first kappa shape index (κ1) is 25.6. The number of sulfonamides is 1. The number of anilines is 1. The van der Waals surface area contributed by atoms with E-state index in [1.165, 1.54) is 0 Å². The monoisotopic (exact) mass is 500 g/mol. The molecule has 6 nitrogen and oxygen atoms in total. The van der Waals surface area contributed by atoms with Crippen molar-refractivity contribution in [3.05, 3.63) is 88.4 Å². The fraction of sp³-hybridized carbons (Fsp3) is 0.269. The van der Waals surface area contributed by atoms with Crippen molar-refractivity contribution in [1.82, 2.24) is 5.32 Å². The molecule has 0 aliphatic carbocycles. The molecule has 0 saturated heterocycles. The molecule has 34 heavy (non-hydrogen) atoms. The number of hydrogen-bond donors (Lipinski definition) is 1. The van der Waals surface area contributed by atoms with Gasteiger partial charge in [-0.1, -0.05) is 41.4 Å². The molecule has 0 heterocycles. The van der Waals surface area contributed by atoms with Gasteiger partial charge in [-0.2, -0.15) is 0 Å². The van der Waals surface area contributed by atoms with Crippen LogP contribution in [0.5, 0.6) is 5.75 Å². The topological polar surface area (TPSA) is 75.7 Å². The first-order valence-corrected chi connectivity index (χ1v) is 12.8. The molecule has 3 rings (SSSR count). The number of nitrogens with one attached hydrogen (secondary N) is 1. The van der Waals surface area contributed by atoms with Gasteiger partial charge in [0.05, 0.1) is 16.7 Å². The number of nitrogens with zero attached hydrogens (tertiary/aromatic N) is 1. The molecule has 1 amide bonds. The predicted octanol–water partition coefficient (Wildman–Crippen LogP) is 5.26. The Bertz CT molecular complexity index is 1240. The van der Waals surface area contributed by atoms with E-state index in [1.54, 1.807) is 49.4 Å². The SMILES string of the molecule is Cc1ccc(S(=O)(=O)N(CC(=O)NCc2ccc(OC(C)C)cc2)c2ccc(Cl)cc2C)cc1. The van der Waals surface area contributed by atoms with E-state index < -0.39 is 15.9 Å². The highest BCUT2D eigenvalue weighted by atomic mass is 35.5. The van der Waals surface area contributed by atoms with E-state index in [0.717, 1.165) is 21.2 Å². The van der Waals surface area contributed by atoms with Crippen LogP contribution in [0.2, 0.25) is 5.02 Å². The number of halogens is 1. The van der Waals surface area contributed by atoms with Gasteiger partial charge >= 0.3 is 0 Å². The van der Waals surface area contributed by atoms with Crippen LogP contribution >= 0.6 is 11.6 Å². The van der Waals surface area contributed by atoms with Crippen LogP contribution < -0.4 is 14.4 Å². The molecular weight excluding hydrogens is 472 g/mol. The van der Waals surface area contributed by atoms with E-state index in [-0.39, 0.29) is 24.1 Å². The summed E-state index contributed by atoms with van der Waals surface area (Å²) in [6.07, 6.45) is 0.0725. The zero-order chi connectivity index (χ0) is 24.9. The normalized spacial score (nSPS) is 11.4. The van der Waals surface area contributed by atoms with Crippen LogP contribution in [0.3, 0.4) is 0 Å². The highest BCUT2D eigenvalue weighted by Gasteiger charge is 2.28. The molecule has 3 aromatic carbocycles. The Kier molecular flexibility index (Phi) is 8.23. The Hall–Kier alpha value is -3.03. The molecule has 0 radical (unpaired) electrons. The van der Waals surface area contributed by atoms with Crippen molar-refractivity contribution in [3.8, 4) is 5.75 Å². The summed E-state index contributed by atoms with van der Waals surface area (Å²) in [4.78, 5) is 13.0. The first-order valence-electron chi connectivity index (χ1n) is 10.9. The number of carbonyl (C=O) groups excluding carboxylic acids is 1. The molecule has 180 valence electrons. The summed E-state index contributed by atoms with van der Waals surface area (Å²) in [5.41, 5.74) is 2.86. The molecule has 0 fully saturated rings. The lowest BCUT2D eigenvalue weighted by atomic mass is 10.2. The van der Waals surface area contributed by atoms with Crippen molar-refractivity contribution >= 4 is 33.2 Å². The lowest BCUT2D eigenvalue weighted by Crippen LogP contribution is -2.41. The average Bonchev–Trinajstić information content (AvgIpc) is 2.77. The number of aryl methyl sites for hydroxylation is 2. The van der Waals surface area contributed by atoms with Crippen LogP contribution in [-0.4, -0.2) is 27.0 Å². The van der Waals surface area contributed by atoms with E-state index >= 15 is 0 Å². The Morgan fingerprint density at radius 1 is 1.00 bits per heavy atom. The maximum atomic E-state index is 13.5. The molecule has 0 saturated carbocycles. The fourth-order valence-electron chi connectivity index (χ4n) is 3.38. The summed E-state index contributed by atoms with van der Waals surface area (Å²) in [5.74, 6) is 0.325. The molecule has 0 unspecified atom stereocenters. The highest BCUT2D eigenvalue weighted by molar-refractivity contribution is 7.92. The second-order valence-electron chi connectivity index (χ2n) is 8.34. The van der Waals surface area contributed by atoms with Gasteiger partial charge in [-0.05, 0) is 81.3 Å². The molecule has 0 aliphatic rings. The minimum Gasteiger partial charge on any atom is -0.491 e. The summed E-state index contributed by atoms with van der Waals surface area (Å²) in [6.45, 7) is 7.44. The van der Waals surface area contributed by atoms with Gasteiger partial charge in [0, 0.05) is 11.6 Å². The van der Waals surface area contributed by atoms with Crippen LogP contribution in [0.1, 0.15) is 30.5 Å². The number of hydrogen-bond acceptors (Lipinski definition) is 4. The second-order valence-corrected chi connectivity index (χ2v) is 10.6. The van der Waals surface area contributed by atoms with Crippen molar-refractivity contribution in [2.45, 2.75) is 45.2 Å². The number of carbonyl (C=O) groups is 1. The summed E-state index contributed by atoms with van der Waals surface area (Å²) in [7, 11) is -3.99. The van der Waals surface area contributed by atoms with Gasteiger partial charge in [0.2, 0.25) is 5.91 Å². The number of ether oxygens (including phenoxy) is 1. The average molecular weight is 501 g/mol. The molecular formula is C26H29ClN2O4S. The third-order valence-electron chi connectivity index (χ3n) is 5.11. The molecule has 0 atom stereocenters. The van der Waals surface area contributed by atoms with Crippen molar-refractivity contribution in [1.29, 1.82) is 0 Å². The smallest absolute Gasteiger partial charge is 0.264 e. The van der Waals surface area contributed by atoms with Crippen molar-refractivity contribution in [2.75, 3.05) is 10.8 Å². The Morgan fingerprint density at radius 3 is 2.24 bits per heavy atom. The standard InChI is InChI=1S/C26H29ClN2O4S/c1-18(2)33-23-10-7-21(8-11-23)16-28-26(30)17-29(25-14-9-22(27)15-20(25)4)34(31,32)24-12-5-19(3)6-13-24/h5-15,18H,16-17H2,1-4H3,(H,28,30). The molecule has 0 aliphatic heterocycles. The number of amides is 1. The van der Waals surface area contributed by atoms with Crippen LogP contribution in [0, 0.1) is 13.8 Å². The third kappa shape index (κ3) is 6.52. The van der Waals surface area contributed by atoms with E-state index in [9.17, 15) is 13.2 Å². The lowest BCUT2D eigenvalue weighted by molar-refractivity contribution is -0.119. The Balaban J connectivity index is 1.81. The van der Waals surface area contributed by atoms with Crippen LogP contribution in [-0.2, 0) is 21.4 Å². The molecule has 8 heteroatoms. The van der Waals surface area contributed by atoms with Gasteiger partial charge in [0.25, 0.3) is 10.0 Å². The maximum absolute atomic E-state index is 13.5. The molecule has 3 aromatic rings. The van der Waals surface area contributed by atoms with E-state index in [4.69, 9.17) is 16.3 Å². The largest absolute Gasteiger partial charge is 0.491 e. The maximum Gasteiger partial charge on any atom is 0.264 e. The summed E-state index contributed by atoms with van der Waals surface area (Å²) in [5, 5.41) is 3.30. The zero-order valence-corrected chi connectivity index (χ0v) is 21.3. The van der Waals surface area contributed by atoms with E-state index in [2.05, 4.69) is 5.32 Å². The predicted molar refractivity (Wildman–Crippen MR) is 136 cm³/mol. The molecule has 1 N–H and O–H groups in total. The first-order chi connectivity index (χ1) is 16.1. The van der Waals surface area contributed by atoms with Gasteiger partial charge < -0.3 is 10.1 Å². The van der Waals surface area contributed by atoms with E-state index in [0.29, 0.717) is 16.3 Å². The summed E-state index contributed by atoms with van der Waals surface area (Å²) < 4.78 is 33.8. The van der Waals surface area contributed by atoms with Crippen LogP contribution in [0.25, 0.3) is 0 Å². The quantitative estimate of drug-likeness (QED) is 0.435. The fourth-order valence-corrected chi connectivity index (χ4v) is 5.09. The number of rotatable bonds is 9. The van der Waals surface area contributed by atoms with Crippen LogP contribution in [0.4, 0.5) is 5.69 Å². The Labute approximate surface area is 206 Å². The van der Waals surface area contributed by atoms with Gasteiger partial charge in [-0.25, -0.2) is 8.42 Å².